The number of para-hydroxylation sites is 4. The first kappa shape index (κ1) is 43.6. The van der Waals surface area contributed by atoms with Crippen LogP contribution in [0.5, 0.6) is 0 Å². The standard InChI is InChI=1S/C67H48N4O/c72-67-70(63-45-33-55(34-46-63)53-29-41-61(42-30-53)68(57-19-9-3-10-20-57)59-37-25-51(26-38-59)49-15-5-1-6-16-49)65-23-13-14-24-66(65)71(67)64-47-35-56(36-48-64)54-31-43-62(44-32-54)69(58-21-11-4-12-22-58)60-39-27-52(28-40-60)50-17-7-2-8-18-50/h1-48H. The summed E-state index contributed by atoms with van der Waals surface area (Å²) in [5.41, 5.74) is 18.7. The van der Waals surface area contributed by atoms with Crippen LogP contribution < -0.4 is 15.5 Å². The van der Waals surface area contributed by atoms with Crippen LogP contribution in [0.2, 0.25) is 0 Å². The second-order valence-corrected chi connectivity index (χ2v) is 17.8. The third-order valence-electron chi connectivity index (χ3n) is 13.4. The van der Waals surface area contributed by atoms with Gasteiger partial charge in [-0.1, -0.05) is 182 Å². The van der Waals surface area contributed by atoms with Crippen molar-refractivity contribution in [1.82, 2.24) is 9.13 Å². The fourth-order valence-electron chi connectivity index (χ4n) is 9.77. The molecule has 0 unspecified atom stereocenters. The molecule has 1 aromatic heterocycles. The number of imidazole rings is 1. The molecule has 0 aliphatic heterocycles. The molecule has 0 saturated heterocycles. The lowest BCUT2D eigenvalue weighted by Crippen LogP contribution is -2.22. The van der Waals surface area contributed by atoms with Crippen LogP contribution in [-0.2, 0) is 0 Å². The van der Waals surface area contributed by atoms with Gasteiger partial charge in [-0.05, 0) is 154 Å². The quantitative estimate of drug-likeness (QED) is 0.122. The molecule has 12 rings (SSSR count). The second-order valence-electron chi connectivity index (χ2n) is 17.8. The Hall–Kier alpha value is -9.71. The summed E-state index contributed by atoms with van der Waals surface area (Å²) >= 11 is 0. The topological polar surface area (TPSA) is 33.4 Å². The van der Waals surface area contributed by atoms with E-state index in [1.807, 2.05) is 81.9 Å². The highest BCUT2D eigenvalue weighted by Gasteiger charge is 2.18. The van der Waals surface area contributed by atoms with E-state index in [0.717, 1.165) is 78.8 Å². The van der Waals surface area contributed by atoms with Crippen molar-refractivity contribution in [1.29, 1.82) is 0 Å². The van der Waals surface area contributed by atoms with E-state index in [0.29, 0.717) is 0 Å². The zero-order chi connectivity index (χ0) is 48.2. The normalized spacial score (nSPS) is 11.1. The van der Waals surface area contributed by atoms with Gasteiger partial charge in [-0.2, -0.15) is 0 Å². The van der Waals surface area contributed by atoms with Crippen molar-refractivity contribution in [3.63, 3.8) is 0 Å². The molecule has 72 heavy (non-hydrogen) atoms. The third kappa shape index (κ3) is 8.57. The van der Waals surface area contributed by atoms with Gasteiger partial charge in [0.1, 0.15) is 0 Å². The molecule has 0 N–H and O–H groups in total. The molecule has 0 atom stereocenters. The Bertz CT molecular complexity index is 3540. The molecular formula is C67H48N4O. The first-order chi connectivity index (χ1) is 35.6. The van der Waals surface area contributed by atoms with E-state index < -0.39 is 0 Å². The van der Waals surface area contributed by atoms with Gasteiger partial charge in [0, 0.05) is 34.1 Å². The highest BCUT2D eigenvalue weighted by Crippen LogP contribution is 2.39. The summed E-state index contributed by atoms with van der Waals surface area (Å²) in [5, 5.41) is 0. The molecule has 0 aliphatic carbocycles. The number of rotatable bonds is 12. The molecule has 0 fully saturated rings. The average molecular weight is 925 g/mol. The van der Waals surface area contributed by atoms with Gasteiger partial charge in [0.25, 0.3) is 0 Å². The molecule has 1 heterocycles. The maximum absolute atomic E-state index is 14.6. The van der Waals surface area contributed by atoms with Gasteiger partial charge < -0.3 is 9.80 Å². The van der Waals surface area contributed by atoms with E-state index in [2.05, 4.69) is 228 Å². The zero-order valence-corrected chi connectivity index (χ0v) is 39.4. The summed E-state index contributed by atoms with van der Waals surface area (Å²) in [4.78, 5) is 19.1. The molecule has 0 radical (unpaired) electrons. The minimum Gasteiger partial charge on any atom is -0.311 e. The van der Waals surface area contributed by atoms with Crippen molar-refractivity contribution >= 4 is 45.2 Å². The van der Waals surface area contributed by atoms with Gasteiger partial charge in [0.15, 0.2) is 0 Å². The monoisotopic (exact) mass is 924 g/mol. The lowest BCUT2D eigenvalue weighted by atomic mass is 10.0. The number of benzene rings is 11. The molecule has 11 aromatic carbocycles. The fourth-order valence-corrected chi connectivity index (χ4v) is 9.77. The van der Waals surface area contributed by atoms with Gasteiger partial charge >= 0.3 is 5.69 Å². The summed E-state index contributed by atoms with van der Waals surface area (Å²) in [7, 11) is 0. The fraction of sp³-hybridized carbons (Fsp3) is 0. The van der Waals surface area contributed by atoms with Crippen molar-refractivity contribution in [2.24, 2.45) is 0 Å². The van der Waals surface area contributed by atoms with E-state index >= 15 is 0 Å². The van der Waals surface area contributed by atoms with Crippen LogP contribution >= 0.6 is 0 Å². The van der Waals surface area contributed by atoms with Crippen LogP contribution in [0.3, 0.4) is 0 Å². The predicted molar refractivity (Wildman–Crippen MR) is 300 cm³/mol. The Morgan fingerprint density at radius 1 is 0.208 bits per heavy atom. The second kappa shape index (κ2) is 19.4. The van der Waals surface area contributed by atoms with Crippen molar-refractivity contribution in [2.75, 3.05) is 9.80 Å². The molecule has 5 nitrogen and oxygen atoms in total. The minimum absolute atomic E-state index is 0.124. The number of hydrogen-bond donors (Lipinski definition) is 0. The molecule has 0 amide bonds. The smallest absolute Gasteiger partial charge is 0.311 e. The Morgan fingerprint density at radius 3 is 0.694 bits per heavy atom. The lowest BCUT2D eigenvalue weighted by molar-refractivity contribution is 0.931. The van der Waals surface area contributed by atoms with Gasteiger partial charge in [-0.15, -0.1) is 0 Å². The number of fused-ring (bicyclic) bond motifs is 1. The molecule has 12 aromatic rings. The van der Waals surface area contributed by atoms with E-state index in [1.165, 1.54) is 22.3 Å². The van der Waals surface area contributed by atoms with Crippen LogP contribution in [0, 0.1) is 0 Å². The van der Waals surface area contributed by atoms with Crippen molar-refractivity contribution in [3.05, 3.63) is 302 Å². The van der Waals surface area contributed by atoms with Crippen LogP contribution in [-0.4, -0.2) is 9.13 Å². The molecule has 0 bridgehead atoms. The lowest BCUT2D eigenvalue weighted by Gasteiger charge is -2.26. The van der Waals surface area contributed by atoms with E-state index in [-0.39, 0.29) is 5.69 Å². The summed E-state index contributed by atoms with van der Waals surface area (Å²) in [6, 6.07) is 101. The Kier molecular flexibility index (Phi) is 11.7. The summed E-state index contributed by atoms with van der Waals surface area (Å²) in [5.74, 6) is 0. The molecule has 0 spiro atoms. The third-order valence-corrected chi connectivity index (χ3v) is 13.4. The highest BCUT2D eigenvalue weighted by molar-refractivity contribution is 5.84. The van der Waals surface area contributed by atoms with Gasteiger partial charge in [-0.25, -0.2) is 4.79 Å². The van der Waals surface area contributed by atoms with E-state index in [1.54, 1.807) is 0 Å². The van der Waals surface area contributed by atoms with Crippen molar-refractivity contribution < 1.29 is 0 Å². The highest BCUT2D eigenvalue weighted by atomic mass is 16.1. The van der Waals surface area contributed by atoms with Crippen LogP contribution in [0.4, 0.5) is 34.1 Å². The largest absolute Gasteiger partial charge is 0.338 e. The van der Waals surface area contributed by atoms with Crippen molar-refractivity contribution in [2.45, 2.75) is 0 Å². The van der Waals surface area contributed by atoms with Gasteiger partial charge in [0.05, 0.1) is 22.4 Å². The maximum atomic E-state index is 14.6. The summed E-state index contributed by atoms with van der Waals surface area (Å²) < 4.78 is 3.62. The first-order valence-corrected chi connectivity index (χ1v) is 24.3. The Balaban J connectivity index is 0.794. The number of nitrogens with zero attached hydrogens (tertiary/aromatic N) is 4. The zero-order valence-electron chi connectivity index (χ0n) is 39.4. The van der Waals surface area contributed by atoms with Crippen LogP contribution in [0.1, 0.15) is 0 Å². The van der Waals surface area contributed by atoms with Gasteiger partial charge in [0.2, 0.25) is 0 Å². The molecule has 0 saturated carbocycles. The first-order valence-electron chi connectivity index (χ1n) is 24.3. The number of anilines is 6. The molecule has 5 heteroatoms. The van der Waals surface area contributed by atoms with E-state index in [9.17, 15) is 4.79 Å². The Morgan fingerprint density at radius 2 is 0.417 bits per heavy atom. The number of aromatic nitrogens is 2. The van der Waals surface area contributed by atoms with Crippen LogP contribution in [0.25, 0.3) is 66.9 Å². The summed E-state index contributed by atoms with van der Waals surface area (Å²) in [6.07, 6.45) is 0. The predicted octanol–water partition coefficient (Wildman–Crippen LogP) is 17.4. The van der Waals surface area contributed by atoms with E-state index in [4.69, 9.17) is 0 Å². The minimum atomic E-state index is -0.124. The summed E-state index contributed by atoms with van der Waals surface area (Å²) in [6.45, 7) is 0. The number of hydrogen-bond acceptors (Lipinski definition) is 3. The van der Waals surface area contributed by atoms with Crippen LogP contribution in [0.15, 0.2) is 296 Å². The van der Waals surface area contributed by atoms with Gasteiger partial charge in [-0.3, -0.25) is 9.13 Å². The maximum Gasteiger partial charge on any atom is 0.338 e. The van der Waals surface area contributed by atoms with Crippen molar-refractivity contribution in [3.8, 4) is 55.9 Å². The SMILES string of the molecule is O=c1n(-c2ccc(-c3ccc(N(c4ccccc4)c4ccc(-c5ccccc5)cc4)cc3)cc2)c2ccccc2n1-c1ccc(-c2ccc(N(c3ccccc3)c3ccc(-c4ccccc4)cc3)cc2)cc1. The average Bonchev–Trinajstić information content (AvgIpc) is 3.76. The molecule has 342 valence electrons. The molecular weight excluding hydrogens is 877 g/mol. The molecule has 0 aliphatic rings. The Labute approximate surface area is 419 Å².